The van der Waals surface area contributed by atoms with Gasteiger partial charge in [0.15, 0.2) is 11.4 Å². The molecule has 0 aliphatic heterocycles. The second-order valence-corrected chi connectivity index (χ2v) is 12.1. The molecule has 0 aromatic heterocycles. The van der Waals surface area contributed by atoms with Crippen LogP contribution in [0.15, 0.2) is 47.6 Å². The van der Waals surface area contributed by atoms with Crippen molar-refractivity contribution < 1.29 is 39.2 Å². The van der Waals surface area contributed by atoms with E-state index in [1.807, 2.05) is 19.9 Å². The molecule has 3 aliphatic rings. The smallest absolute Gasteiger partial charge is 0.230 e. The summed E-state index contributed by atoms with van der Waals surface area (Å²) in [6.45, 7) is 3.91. The maximum atomic E-state index is 14.8. The van der Waals surface area contributed by atoms with Crippen molar-refractivity contribution in [3.8, 4) is 16.9 Å². The third-order valence-corrected chi connectivity index (χ3v) is 9.61. The Balaban J connectivity index is 1.66. The molecule has 43 heavy (non-hydrogen) atoms. The molecule has 2 unspecified atom stereocenters. The summed E-state index contributed by atoms with van der Waals surface area (Å²) in [7, 11) is 3.21. The Bertz CT molecular complexity index is 1600. The van der Waals surface area contributed by atoms with Crippen molar-refractivity contribution in [2.24, 2.45) is 23.5 Å². The third-order valence-electron chi connectivity index (χ3n) is 9.61. The predicted octanol–water partition coefficient (Wildman–Crippen LogP) is 2.83. The van der Waals surface area contributed by atoms with E-state index in [-0.39, 0.29) is 35.5 Å². The average molecular weight is 593 g/mol. The maximum Gasteiger partial charge on any atom is 0.230 e. The SMILES string of the molecule is C/C=C(/CC)Cc1cc(-c2ccc(O)c3c2C[C@H]2C[C@H]4[C@H](N(C)C)C(O)C(C(N)=O)C(=O)[C@@]4(O)C(=O)C2=C3O)ccc1F. The molecule has 6 atom stereocenters. The Morgan fingerprint density at radius 1 is 1.19 bits per heavy atom. The number of halogens is 1. The number of rotatable bonds is 6. The Labute approximate surface area is 249 Å². The quantitative estimate of drug-likeness (QED) is 0.253. The van der Waals surface area contributed by atoms with Crippen molar-refractivity contribution in [3.05, 3.63) is 70.1 Å². The molecule has 6 N–H and O–H groups in total. The van der Waals surface area contributed by atoms with Crippen molar-refractivity contribution in [2.75, 3.05) is 14.1 Å². The van der Waals surface area contributed by atoms with E-state index in [0.717, 1.165) is 12.0 Å². The molecular weight excluding hydrogens is 555 g/mol. The number of hydrogen-bond donors (Lipinski definition) is 5. The number of primary amides is 1. The fourth-order valence-corrected chi connectivity index (χ4v) is 7.43. The number of carbonyl (C=O) groups excluding carboxylic acids is 3. The van der Waals surface area contributed by atoms with Crippen LogP contribution in [0, 0.1) is 23.6 Å². The first-order chi connectivity index (χ1) is 20.3. The largest absolute Gasteiger partial charge is 0.507 e. The van der Waals surface area contributed by atoms with E-state index >= 15 is 0 Å². The van der Waals surface area contributed by atoms with Gasteiger partial charge in [-0.05, 0) is 93.1 Å². The van der Waals surface area contributed by atoms with Crippen LogP contribution in [0.5, 0.6) is 5.75 Å². The number of aliphatic hydroxyl groups excluding tert-OH is 2. The van der Waals surface area contributed by atoms with E-state index in [1.165, 1.54) is 12.1 Å². The van der Waals surface area contributed by atoms with Gasteiger partial charge in [-0.1, -0.05) is 30.7 Å². The number of fused-ring (bicyclic) bond motifs is 3. The van der Waals surface area contributed by atoms with Gasteiger partial charge in [-0.25, -0.2) is 4.39 Å². The lowest BCUT2D eigenvalue weighted by molar-refractivity contribution is -0.184. The van der Waals surface area contributed by atoms with Gasteiger partial charge < -0.3 is 31.1 Å². The zero-order valence-electron chi connectivity index (χ0n) is 24.6. The number of carbonyl (C=O) groups is 3. The van der Waals surface area contributed by atoms with Crippen molar-refractivity contribution in [1.29, 1.82) is 0 Å². The van der Waals surface area contributed by atoms with Gasteiger partial charge in [0.2, 0.25) is 11.7 Å². The van der Waals surface area contributed by atoms with Crippen molar-refractivity contribution in [3.63, 3.8) is 0 Å². The van der Waals surface area contributed by atoms with Crippen LogP contribution in [0.3, 0.4) is 0 Å². The molecule has 2 fully saturated rings. The molecule has 9 nitrogen and oxygen atoms in total. The molecule has 0 spiro atoms. The summed E-state index contributed by atoms with van der Waals surface area (Å²) in [6, 6.07) is 6.81. The molecular formula is C33H37FN2O7. The van der Waals surface area contributed by atoms with E-state index in [2.05, 4.69) is 0 Å². The van der Waals surface area contributed by atoms with Crippen molar-refractivity contribution in [1.82, 2.24) is 4.90 Å². The van der Waals surface area contributed by atoms with Crippen LogP contribution in [0.4, 0.5) is 4.39 Å². The zero-order chi connectivity index (χ0) is 31.5. The fourth-order valence-electron chi connectivity index (χ4n) is 7.43. The van der Waals surface area contributed by atoms with Crippen molar-refractivity contribution in [2.45, 2.75) is 57.3 Å². The number of nitrogens with two attached hydrogens (primary N) is 1. The molecule has 0 bridgehead atoms. The number of phenolic OH excluding ortho intramolecular Hbond substituents is 1. The number of ketones is 2. The summed E-state index contributed by atoms with van der Waals surface area (Å²) in [5.74, 6) is -8.28. The fraction of sp³-hybridized carbons (Fsp3) is 0.424. The van der Waals surface area contributed by atoms with Gasteiger partial charge in [0.1, 0.15) is 23.2 Å². The number of aliphatic hydroxyl groups is 3. The second-order valence-electron chi connectivity index (χ2n) is 12.1. The number of allylic oxidation sites excluding steroid dienone is 2. The average Bonchev–Trinajstić information content (AvgIpc) is 2.94. The summed E-state index contributed by atoms with van der Waals surface area (Å²) in [6.07, 6.45) is 1.76. The maximum absolute atomic E-state index is 14.8. The standard InChI is InChI=1S/C33H37FN2O7/c1-5-15(6-2)11-17-12-16(7-9-22(17)34)19-8-10-23(37)25-20(19)13-18-14-21-27(36(3)4)29(39)26(32(35)42)31(41)33(21,43)30(40)24(18)28(25)38/h5,7-10,12,18,21,26-27,29,37-39,43H,6,11,13-14H2,1-4H3,(H2,35,42)/b15-5-/t18-,21-,26?,27-,29?,33-/m0/s1. The zero-order valence-corrected chi connectivity index (χ0v) is 24.6. The molecule has 3 aliphatic carbocycles. The van der Waals surface area contributed by atoms with Crippen LogP contribution in [-0.2, 0) is 27.2 Å². The molecule has 10 heteroatoms. The summed E-state index contributed by atoms with van der Waals surface area (Å²) in [5.41, 5.74) is 5.88. The Hall–Kier alpha value is -3.86. The van der Waals surface area contributed by atoms with Gasteiger partial charge in [-0.2, -0.15) is 0 Å². The summed E-state index contributed by atoms with van der Waals surface area (Å²) in [5, 5.41) is 45.2. The lowest BCUT2D eigenvalue weighted by Crippen LogP contribution is -2.73. The van der Waals surface area contributed by atoms with Crippen LogP contribution >= 0.6 is 0 Å². The van der Waals surface area contributed by atoms with Gasteiger partial charge in [-0.3, -0.25) is 14.4 Å². The lowest BCUT2D eigenvalue weighted by Gasteiger charge is -2.53. The highest BCUT2D eigenvalue weighted by molar-refractivity contribution is 6.25. The van der Waals surface area contributed by atoms with E-state index in [0.29, 0.717) is 28.7 Å². The number of hydrogen-bond acceptors (Lipinski definition) is 8. The Morgan fingerprint density at radius 3 is 2.49 bits per heavy atom. The number of phenols is 1. The van der Waals surface area contributed by atoms with E-state index in [4.69, 9.17) is 5.73 Å². The number of likely N-dealkylation sites (N-methyl/N-ethyl adjacent to an activating group) is 1. The molecule has 5 rings (SSSR count). The number of Topliss-reactive ketones (excluding diaryl/α,β-unsaturated/α-hetero) is 2. The van der Waals surface area contributed by atoms with Crippen LogP contribution in [-0.4, -0.2) is 74.6 Å². The number of amides is 1. The highest BCUT2D eigenvalue weighted by Crippen LogP contribution is 2.53. The number of aromatic hydroxyl groups is 1. The minimum atomic E-state index is -2.71. The van der Waals surface area contributed by atoms with Crippen LogP contribution in [0.2, 0.25) is 0 Å². The molecule has 228 valence electrons. The molecule has 0 saturated heterocycles. The second kappa shape index (κ2) is 11.0. The van der Waals surface area contributed by atoms with E-state index in [9.17, 15) is 39.2 Å². The minimum absolute atomic E-state index is 0.00775. The predicted molar refractivity (Wildman–Crippen MR) is 157 cm³/mol. The van der Waals surface area contributed by atoms with Crippen LogP contribution < -0.4 is 5.73 Å². The monoisotopic (exact) mass is 592 g/mol. The van der Waals surface area contributed by atoms with Crippen molar-refractivity contribution >= 4 is 23.2 Å². The Kier molecular flexibility index (Phi) is 7.83. The summed E-state index contributed by atoms with van der Waals surface area (Å²) >= 11 is 0. The Morgan fingerprint density at radius 2 is 1.88 bits per heavy atom. The summed E-state index contributed by atoms with van der Waals surface area (Å²) in [4.78, 5) is 41.3. The highest BCUT2D eigenvalue weighted by atomic mass is 19.1. The van der Waals surface area contributed by atoms with Gasteiger partial charge in [0.25, 0.3) is 0 Å². The number of benzene rings is 2. The minimum Gasteiger partial charge on any atom is -0.507 e. The lowest BCUT2D eigenvalue weighted by atomic mass is 9.54. The van der Waals surface area contributed by atoms with Gasteiger partial charge in [-0.15, -0.1) is 0 Å². The van der Waals surface area contributed by atoms with Gasteiger partial charge in [0, 0.05) is 17.5 Å². The molecule has 0 heterocycles. The molecule has 2 aromatic carbocycles. The van der Waals surface area contributed by atoms with Crippen LogP contribution in [0.1, 0.15) is 43.4 Å². The first kappa shape index (κ1) is 30.6. The third kappa shape index (κ3) is 4.59. The van der Waals surface area contributed by atoms with Gasteiger partial charge >= 0.3 is 0 Å². The van der Waals surface area contributed by atoms with Gasteiger partial charge in [0.05, 0.1) is 11.7 Å². The first-order valence-corrected chi connectivity index (χ1v) is 14.4. The summed E-state index contributed by atoms with van der Waals surface area (Å²) < 4.78 is 14.8. The molecule has 2 aromatic rings. The highest BCUT2D eigenvalue weighted by Gasteiger charge is 2.67. The van der Waals surface area contributed by atoms with E-state index < -0.39 is 58.7 Å². The molecule has 0 radical (unpaired) electrons. The molecule has 1 amide bonds. The topological polar surface area (TPSA) is 161 Å². The first-order valence-electron chi connectivity index (χ1n) is 14.4. The molecule has 2 saturated carbocycles. The number of nitrogens with zero attached hydrogens (tertiary/aromatic N) is 1. The van der Waals surface area contributed by atoms with Crippen LogP contribution in [0.25, 0.3) is 16.9 Å². The van der Waals surface area contributed by atoms with E-state index in [1.54, 1.807) is 37.2 Å². The normalized spacial score (nSPS) is 28.9.